The van der Waals surface area contributed by atoms with Crippen LogP contribution in [0.15, 0.2) is 47.4 Å². The van der Waals surface area contributed by atoms with Gasteiger partial charge in [-0.25, -0.2) is 17.7 Å². The lowest BCUT2D eigenvalue weighted by Crippen LogP contribution is -2.47. The van der Waals surface area contributed by atoms with E-state index in [1.54, 1.807) is 37.3 Å². The Morgan fingerprint density at radius 2 is 1.67 bits per heavy atom. The Hall–Kier alpha value is -2.55. The maximum Gasteiger partial charge on any atom is 0.411 e. The number of fused-ring (bicyclic) bond motifs is 3. The number of hydrogen-bond acceptors (Lipinski definition) is 3. The average molecular weight is 395 g/mol. The molecule has 0 spiro atoms. The van der Waals surface area contributed by atoms with Crippen LogP contribution in [-0.2, 0) is 16.6 Å². The number of sulfonamides is 1. The zero-order chi connectivity index (χ0) is 19.6. The van der Waals surface area contributed by atoms with Gasteiger partial charge >= 0.3 is 6.18 Å². The van der Waals surface area contributed by atoms with Crippen LogP contribution in [0.1, 0.15) is 11.1 Å². The molecule has 3 aromatic rings. The van der Waals surface area contributed by atoms with Crippen LogP contribution in [0, 0.1) is 13.8 Å². The summed E-state index contributed by atoms with van der Waals surface area (Å²) in [6.45, 7) is 3.06. The Morgan fingerprint density at radius 3 is 2.30 bits per heavy atom. The normalized spacial score (nSPS) is 17.5. The summed E-state index contributed by atoms with van der Waals surface area (Å²) in [5.74, 6) is -0.210. The summed E-state index contributed by atoms with van der Waals surface area (Å²) in [6, 6.07) is 8.70. The standard InChI is InChI=1S/C18H16F3N3O2S/c1-11-3-6-13(7-4-11)27(25,26)24-16(18(19,20)21)10-23-15-9-12(2)5-8-14(15)22-17(23)24/h3-9,16H,10H2,1-2H3. The summed E-state index contributed by atoms with van der Waals surface area (Å²) in [7, 11) is -4.43. The molecule has 0 N–H and O–H groups in total. The third kappa shape index (κ3) is 2.77. The van der Waals surface area contributed by atoms with E-state index in [-0.39, 0.29) is 10.8 Å². The Balaban J connectivity index is 1.94. The van der Waals surface area contributed by atoms with Gasteiger partial charge in [-0.15, -0.1) is 0 Å². The number of rotatable bonds is 2. The van der Waals surface area contributed by atoms with Crippen LogP contribution in [0.5, 0.6) is 0 Å². The highest BCUT2D eigenvalue weighted by molar-refractivity contribution is 7.92. The Morgan fingerprint density at radius 1 is 1.04 bits per heavy atom. The van der Waals surface area contributed by atoms with Crippen LogP contribution in [0.2, 0.25) is 0 Å². The van der Waals surface area contributed by atoms with Gasteiger partial charge < -0.3 is 4.57 Å². The predicted molar refractivity (Wildman–Crippen MR) is 95.2 cm³/mol. The van der Waals surface area contributed by atoms with Gasteiger partial charge in [-0.05, 0) is 43.7 Å². The van der Waals surface area contributed by atoms with Gasteiger partial charge in [-0.2, -0.15) is 13.2 Å². The first-order chi connectivity index (χ1) is 12.6. The zero-order valence-electron chi connectivity index (χ0n) is 14.5. The molecule has 0 aliphatic carbocycles. The SMILES string of the molecule is Cc1ccc(S(=O)(=O)N2c3nc4ccc(C)cc4n3CC2C(F)(F)F)cc1. The Labute approximate surface area is 154 Å². The smallest absolute Gasteiger partial charge is 0.307 e. The zero-order valence-corrected chi connectivity index (χ0v) is 15.3. The van der Waals surface area contributed by atoms with E-state index >= 15 is 0 Å². The van der Waals surface area contributed by atoms with Crippen LogP contribution in [0.25, 0.3) is 11.0 Å². The summed E-state index contributed by atoms with van der Waals surface area (Å²) in [5, 5.41) is 0. The minimum absolute atomic E-state index is 0.195. The van der Waals surface area contributed by atoms with Crippen LogP contribution in [0.3, 0.4) is 0 Å². The number of aromatic nitrogens is 2. The summed E-state index contributed by atoms with van der Waals surface area (Å²) in [4.78, 5) is 4.00. The highest BCUT2D eigenvalue weighted by Gasteiger charge is 2.54. The molecule has 0 saturated heterocycles. The van der Waals surface area contributed by atoms with E-state index in [1.165, 1.54) is 16.7 Å². The maximum absolute atomic E-state index is 13.7. The molecule has 0 fully saturated rings. The molecule has 9 heteroatoms. The first-order valence-electron chi connectivity index (χ1n) is 8.24. The van der Waals surface area contributed by atoms with E-state index in [0.29, 0.717) is 15.3 Å². The van der Waals surface area contributed by atoms with Gasteiger partial charge in [0.25, 0.3) is 10.0 Å². The molecule has 1 atom stereocenters. The fraction of sp³-hybridized carbons (Fsp3) is 0.278. The van der Waals surface area contributed by atoms with Crippen molar-refractivity contribution in [1.82, 2.24) is 9.55 Å². The van der Waals surface area contributed by atoms with Crippen molar-refractivity contribution in [3.8, 4) is 0 Å². The predicted octanol–water partition coefficient (Wildman–Crippen LogP) is 3.79. The van der Waals surface area contributed by atoms with Crippen molar-refractivity contribution in [3.05, 3.63) is 53.6 Å². The molecular weight excluding hydrogens is 379 g/mol. The summed E-state index contributed by atoms with van der Waals surface area (Å²) in [5.41, 5.74) is 2.61. The quantitative estimate of drug-likeness (QED) is 0.663. The summed E-state index contributed by atoms with van der Waals surface area (Å²) < 4.78 is 69.0. The van der Waals surface area contributed by atoms with Crippen molar-refractivity contribution in [2.45, 2.75) is 37.5 Å². The third-order valence-corrected chi connectivity index (χ3v) is 6.48. The number of aryl methyl sites for hydroxylation is 2. The van der Waals surface area contributed by atoms with E-state index in [4.69, 9.17) is 0 Å². The minimum atomic E-state index is -4.73. The second kappa shape index (κ2) is 5.72. The molecule has 1 unspecified atom stereocenters. The molecule has 0 amide bonds. The van der Waals surface area contributed by atoms with Gasteiger partial charge in [0.2, 0.25) is 5.95 Å². The molecule has 2 heterocycles. The molecule has 1 aromatic heterocycles. The summed E-state index contributed by atoms with van der Waals surface area (Å²) in [6.07, 6.45) is -4.73. The van der Waals surface area contributed by atoms with E-state index in [9.17, 15) is 21.6 Å². The lowest BCUT2D eigenvalue weighted by molar-refractivity contribution is -0.145. The van der Waals surface area contributed by atoms with Crippen LogP contribution < -0.4 is 4.31 Å². The molecule has 0 saturated carbocycles. The lowest BCUT2D eigenvalue weighted by atomic mass is 10.2. The molecule has 0 bridgehead atoms. The Kier molecular flexibility index (Phi) is 3.78. The van der Waals surface area contributed by atoms with Crippen molar-refractivity contribution in [2.24, 2.45) is 0 Å². The highest BCUT2D eigenvalue weighted by atomic mass is 32.2. The van der Waals surface area contributed by atoms with Crippen LogP contribution >= 0.6 is 0 Å². The second-order valence-electron chi connectivity index (χ2n) is 6.69. The largest absolute Gasteiger partial charge is 0.411 e. The summed E-state index contributed by atoms with van der Waals surface area (Å²) >= 11 is 0. The third-order valence-electron chi connectivity index (χ3n) is 4.67. The fourth-order valence-electron chi connectivity index (χ4n) is 3.29. The molecule has 142 valence electrons. The number of benzene rings is 2. The molecule has 4 rings (SSSR count). The first kappa shape index (κ1) is 17.8. The van der Waals surface area contributed by atoms with Gasteiger partial charge in [-0.1, -0.05) is 23.8 Å². The van der Waals surface area contributed by atoms with Crippen molar-refractivity contribution in [1.29, 1.82) is 0 Å². The average Bonchev–Trinajstić information content (AvgIpc) is 3.11. The second-order valence-corrected chi connectivity index (χ2v) is 8.50. The van der Waals surface area contributed by atoms with Gasteiger partial charge in [0.05, 0.1) is 22.5 Å². The van der Waals surface area contributed by atoms with Gasteiger partial charge in [0.1, 0.15) is 0 Å². The fourth-order valence-corrected chi connectivity index (χ4v) is 4.87. The molecule has 27 heavy (non-hydrogen) atoms. The van der Waals surface area contributed by atoms with E-state index in [0.717, 1.165) is 11.1 Å². The van der Waals surface area contributed by atoms with Crippen molar-refractivity contribution in [3.63, 3.8) is 0 Å². The van der Waals surface area contributed by atoms with Gasteiger partial charge in [-0.3, -0.25) is 0 Å². The number of halogens is 3. The van der Waals surface area contributed by atoms with Gasteiger partial charge in [0.15, 0.2) is 6.04 Å². The minimum Gasteiger partial charge on any atom is -0.307 e. The first-order valence-corrected chi connectivity index (χ1v) is 9.68. The number of alkyl halides is 3. The Bertz CT molecular complexity index is 1140. The lowest BCUT2D eigenvalue weighted by Gasteiger charge is -2.26. The molecular formula is C18H16F3N3O2S. The molecule has 1 aliphatic heterocycles. The molecule has 1 aliphatic rings. The molecule has 2 aromatic carbocycles. The number of imidazole rings is 1. The van der Waals surface area contributed by atoms with E-state index in [1.807, 2.05) is 6.92 Å². The number of nitrogens with zero attached hydrogens (tertiary/aromatic N) is 3. The van der Waals surface area contributed by atoms with E-state index < -0.39 is 28.8 Å². The van der Waals surface area contributed by atoms with Crippen molar-refractivity contribution >= 4 is 27.0 Å². The monoisotopic (exact) mass is 395 g/mol. The highest BCUT2D eigenvalue weighted by Crippen LogP contribution is 2.41. The topological polar surface area (TPSA) is 55.2 Å². The van der Waals surface area contributed by atoms with Crippen LogP contribution in [0.4, 0.5) is 19.1 Å². The van der Waals surface area contributed by atoms with Crippen LogP contribution in [-0.4, -0.2) is 30.2 Å². The van der Waals surface area contributed by atoms with Crippen molar-refractivity contribution in [2.75, 3.05) is 4.31 Å². The van der Waals surface area contributed by atoms with Gasteiger partial charge in [0, 0.05) is 0 Å². The molecule has 5 nitrogen and oxygen atoms in total. The maximum atomic E-state index is 13.7. The number of anilines is 1. The number of hydrogen-bond donors (Lipinski definition) is 0. The van der Waals surface area contributed by atoms with E-state index in [2.05, 4.69) is 4.98 Å². The van der Waals surface area contributed by atoms with Crippen molar-refractivity contribution < 1.29 is 21.6 Å². The molecule has 0 radical (unpaired) electrons.